The van der Waals surface area contributed by atoms with Gasteiger partial charge in [-0.15, -0.1) is 0 Å². The van der Waals surface area contributed by atoms with Gasteiger partial charge in [-0.25, -0.2) is 4.79 Å². The Morgan fingerprint density at radius 3 is 2.05 bits per heavy atom. The van der Waals surface area contributed by atoms with Gasteiger partial charge in [0.25, 0.3) is 5.91 Å². The maximum Gasteiger partial charge on any atom is 0.341 e. The number of carboxylic acids is 1. The highest BCUT2D eigenvalue weighted by Crippen LogP contribution is 2.42. The zero-order valence-electron chi connectivity index (χ0n) is 24.3. The van der Waals surface area contributed by atoms with Crippen LogP contribution < -0.4 is 10.1 Å². The molecular weight excluding hydrogens is 597 g/mol. The van der Waals surface area contributed by atoms with Gasteiger partial charge in [0, 0.05) is 33.3 Å². The molecule has 0 aliphatic heterocycles. The van der Waals surface area contributed by atoms with Crippen LogP contribution in [0.2, 0.25) is 10.0 Å². The Hall–Kier alpha value is -3.84. The average Bonchev–Trinajstić information content (AvgIpc) is 3.87. The molecule has 1 fully saturated rings. The molecule has 0 heterocycles. The molecule has 0 saturated heterocycles. The molecule has 228 valence electrons. The van der Waals surface area contributed by atoms with E-state index in [1.54, 1.807) is 48.5 Å². The highest BCUT2D eigenvalue weighted by molar-refractivity contribution is 6.31. The fourth-order valence-corrected chi connectivity index (χ4v) is 5.60. The van der Waals surface area contributed by atoms with Gasteiger partial charge in [-0.05, 0) is 91.1 Å². The summed E-state index contributed by atoms with van der Waals surface area (Å²) in [6.45, 7) is 0.530. The molecule has 0 aromatic heterocycles. The molecule has 0 bridgehead atoms. The molecule has 1 unspecified atom stereocenters. The van der Waals surface area contributed by atoms with E-state index in [2.05, 4.69) is 29.6 Å². The van der Waals surface area contributed by atoms with Gasteiger partial charge in [0.05, 0.1) is 12.6 Å². The Morgan fingerprint density at radius 1 is 0.841 bits per heavy atom. The largest absolute Gasteiger partial charge is 0.481 e. The first-order valence-electron chi connectivity index (χ1n) is 14.8. The Kier molecular flexibility index (Phi) is 10.9. The number of hydrogen-bond donors (Lipinski definition) is 2. The lowest BCUT2D eigenvalue weighted by molar-refractivity contribution is -0.139. The number of halogens is 2. The number of benzene rings is 4. The Morgan fingerprint density at radius 2 is 1.48 bits per heavy atom. The average molecular weight is 633 g/mol. The number of carbonyl (C=O) groups excluding carboxylic acids is 1. The molecule has 4 aromatic carbocycles. The molecule has 0 radical (unpaired) electrons. The van der Waals surface area contributed by atoms with Crippen molar-refractivity contribution >= 4 is 35.1 Å². The zero-order chi connectivity index (χ0) is 30.9. The predicted octanol–water partition coefficient (Wildman–Crippen LogP) is 8.34. The summed E-state index contributed by atoms with van der Waals surface area (Å²) in [7, 11) is 0. The lowest BCUT2D eigenvalue weighted by Crippen LogP contribution is -2.40. The van der Waals surface area contributed by atoms with Crippen LogP contribution in [0, 0.1) is 5.92 Å². The van der Waals surface area contributed by atoms with E-state index in [0.717, 1.165) is 32.1 Å². The van der Waals surface area contributed by atoms with E-state index < -0.39 is 12.6 Å². The number of nitrogens with one attached hydrogen (secondary N) is 1. The first kappa shape index (κ1) is 31.6. The number of hydrogen-bond acceptors (Lipinski definition) is 4. The maximum absolute atomic E-state index is 13.8. The lowest BCUT2D eigenvalue weighted by atomic mass is 9.94. The highest BCUT2D eigenvalue weighted by Gasteiger charge is 2.33. The third-order valence-corrected chi connectivity index (χ3v) is 8.08. The van der Waals surface area contributed by atoms with Gasteiger partial charge in [0.1, 0.15) is 5.75 Å². The maximum atomic E-state index is 13.8. The van der Waals surface area contributed by atoms with Gasteiger partial charge in [-0.2, -0.15) is 0 Å². The van der Waals surface area contributed by atoms with E-state index in [-0.39, 0.29) is 11.9 Å². The number of carboxylic acid groups (broad SMARTS) is 1. The molecular formula is C36H35Cl2NO5. The summed E-state index contributed by atoms with van der Waals surface area (Å²) in [6.07, 6.45) is 5.10. The predicted molar refractivity (Wildman–Crippen MR) is 175 cm³/mol. The van der Waals surface area contributed by atoms with Crippen molar-refractivity contribution in [3.63, 3.8) is 0 Å². The van der Waals surface area contributed by atoms with Gasteiger partial charge in [0.2, 0.25) is 0 Å². The standard InChI is InChI=1S/C36H35Cl2NO5/c37-29-13-6-11-26(18-29)31-20-28(21-32(35(31)44-23-34(40)41)27-12-7-14-30(38)19-27)36(42)39-33(25-15-16-25)22-43-17-5-4-10-24-8-2-1-3-9-24/h1-3,6-9,11-14,18-21,25,33H,4-5,10,15-17,22-23H2,(H,39,42)(H,40,41). The van der Waals surface area contributed by atoms with Crippen molar-refractivity contribution in [3.05, 3.63) is 112 Å². The van der Waals surface area contributed by atoms with Crippen molar-refractivity contribution in [1.82, 2.24) is 5.32 Å². The first-order valence-corrected chi connectivity index (χ1v) is 15.6. The van der Waals surface area contributed by atoms with Crippen LogP contribution >= 0.6 is 23.2 Å². The second-order valence-corrected chi connectivity index (χ2v) is 11.9. The van der Waals surface area contributed by atoms with Crippen molar-refractivity contribution in [2.75, 3.05) is 19.8 Å². The molecule has 44 heavy (non-hydrogen) atoms. The third kappa shape index (κ3) is 8.85. The topological polar surface area (TPSA) is 84.9 Å². The molecule has 1 aliphatic carbocycles. The van der Waals surface area contributed by atoms with Crippen LogP contribution in [0.3, 0.4) is 0 Å². The van der Waals surface area contributed by atoms with Gasteiger partial charge < -0.3 is 19.9 Å². The van der Waals surface area contributed by atoms with Crippen molar-refractivity contribution in [1.29, 1.82) is 0 Å². The summed E-state index contributed by atoms with van der Waals surface area (Å²) in [5.41, 5.74) is 4.21. The van der Waals surface area contributed by atoms with E-state index in [0.29, 0.717) is 62.7 Å². The Labute approximate surface area is 267 Å². The molecule has 4 aromatic rings. The molecule has 5 rings (SSSR count). The van der Waals surface area contributed by atoms with Crippen LogP contribution in [-0.2, 0) is 16.0 Å². The Balaban J connectivity index is 1.37. The van der Waals surface area contributed by atoms with Gasteiger partial charge in [0.15, 0.2) is 6.61 Å². The lowest BCUT2D eigenvalue weighted by Gasteiger charge is -2.21. The molecule has 6 nitrogen and oxygen atoms in total. The zero-order valence-corrected chi connectivity index (χ0v) is 25.8. The van der Waals surface area contributed by atoms with Crippen LogP contribution in [0.15, 0.2) is 91.0 Å². The number of unbranched alkanes of at least 4 members (excludes halogenated alkanes) is 1. The summed E-state index contributed by atoms with van der Waals surface area (Å²) in [5, 5.41) is 13.6. The van der Waals surface area contributed by atoms with E-state index >= 15 is 0 Å². The second-order valence-electron chi connectivity index (χ2n) is 11.0. The molecule has 1 amide bonds. The summed E-state index contributed by atoms with van der Waals surface area (Å²) < 4.78 is 11.9. The minimum Gasteiger partial charge on any atom is -0.481 e. The van der Waals surface area contributed by atoms with Crippen molar-refractivity contribution in [3.8, 4) is 28.0 Å². The third-order valence-electron chi connectivity index (χ3n) is 7.61. The fraction of sp³-hybridized carbons (Fsp3) is 0.278. The first-order chi connectivity index (χ1) is 21.4. The number of rotatable bonds is 15. The molecule has 8 heteroatoms. The molecule has 1 atom stereocenters. The SMILES string of the molecule is O=C(O)COc1c(-c2cccc(Cl)c2)cc(C(=O)NC(COCCCCc2ccccc2)C2CC2)cc1-c1cccc(Cl)c1. The van der Waals surface area contributed by atoms with Crippen molar-refractivity contribution in [2.24, 2.45) is 5.92 Å². The van der Waals surface area contributed by atoms with Crippen LogP contribution in [-0.4, -0.2) is 42.8 Å². The minimum absolute atomic E-state index is 0.108. The number of ether oxygens (including phenoxy) is 2. The smallest absolute Gasteiger partial charge is 0.341 e. The van der Waals surface area contributed by atoms with E-state index in [1.807, 2.05) is 18.2 Å². The molecule has 0 spiro atoms. The number of carbonyl (C=O) groups is 2. The second kappa shape index (κ2) is 15.2. The highest BCUT2D eigenvalue weighted by atomic mass is 35.5. The van der Waals surface area contributed by atoms with Crippen LogP contribution in [0.25, 0.3) is 22.3 Å². The quantitative estimate of drug-likeness (QED) is 0.129. The Bertz CT molecular complexity index is 1520. The fourth-order valence-electron chi connectivity index (χ4n) is 5.22. The van der Waals surface area contributed by atoms with Gasteiger partial charge in [-0.3, -0.25) is 4.79 Å². The number of amides is 1. The van der Waals surface area contributed by atoms with Crippen LogP contribution in [0.4, 0.5) is 0 Å². The van der Waals surface area contributed by atoms with E-state index in [1.165, 1.54) is 5.56 Å². The molecule has 1 saturated carbocycles. The number of aliphatic carboxylic acids is 1. The monoisotopic (exact) mass is 631 g/mol. The van der Waals surface area contributed by atoms with Crippen molar-refractivity contribution < 1.29 is 24.2 Å². The minimum atomic E-state index is -1.12. The normalized spacial score (nSPS) is 13.3. The summed E-state index contributed by atoms with van der Waals surface area (Å²) in [4.78, 5) is 25.3. The van der Waals surface area contributed by atoms with Crippen LogP contribution in [0.1, 0.15) is 41.6 Å². The summed E-state index contributed by atoms with van der Waals surface area (Å²) >= 11 is 12.7. The van der Waals surface area contributed by atoms with Gasteiger partial charge in [-0.1, -0.05) is 77.8 Å². The van der Waals surface area contributed by atoms with Gasteiger partial charge >= 0.3 is 5.97 Å². The van der Waals surface area contributed by atoms with E-state index in [4.69, 9.17) is 32.7 Å². The molecule has 1 aliphatic rings. The summed E-state index contributed by atoms with van der Waals surface area (Å²) in [6, 6.07) is 28.0. The summed E-state index contributed by atoms with van der Waals surface area (Å²) in [5.74, 6) is -0.661. The van der Waals surface area contributed by atoms with Crippen LogP contribution in [0.5, 0.6) is 5.75 Å². The van der Waals surface area contributed by atoms with Crippen molar-refractivity contribution in [2.45, 2.75) is 38.1 Å². The number of aryl methyl sites for hydroxylation is 1. The molecule has 2 N–H and O–H groups in total. The van der Waals surface area contributed by atoms with E-state index in [9.17, 15) is 14.7 Å².